The molecule has 1 aromatic rings. The summed E-state index contributed by atoms with van der Waals surface area (Å²) in [5.74, 6) is 1.80. The summed E-state index contributed by atoms with van der Waals surface area (Å²) in [6.07, 6.45) is 4.61. The highest BCUT2D eigenvalue weighted by Gasteiger charge is 2.14. The summed E-state index contributed by atoms with van der Waals surface area (Å²) in [5, 5.41) is 6.74. The predicted octanol–water partition coefficient (Wildman–Crippen LogP) is 3.23. The molecule has 1 aliphatic rings. The summed E-state index contributed by atoms with van der Waals surface area (Å²) in [4.78, 5) is 21.0. The van der Waals surface area contributed by atoms with Crippen molar-refractivity contribution < 1.29 is 4.79 Å². The summed E-state index contributed by atoms with van der Waals surface area (Å²) in [6, 6.07) is 7.87. The van der Waals surface area contributed by atoms with Crippen molar-refractivity contribution in [1.82, 2.24) is 20.4 Å². The van der Waals surface area contributed by atoms with Gasteiger partial charge in [0.1, 0.15) is 0 Å². The Morgan fingerprint density at radius 1 is 1.23 bits per heavy atom. The molecule has 1 amide bonds. The zero-order valence-corrected chi connectivity index (χ0v) is 21.4. The number of likely N-dealkylation sites (tertiary alicyclic amines) is 1. The first kappa shape index (κ1) is 26.7. The van der Waals surface area contributed by atoms with E-state index in [0.29, 0.717) is 0 Å². The molecule has 2 rings (SSSR count). The molecule has 0 saturated carbocycles. The van der Waals surface area contributed by atoms with Gasteiger partial charge in [0, 0.05) is 39.3 Å². The number of aliphatic imine (C=N–C) groups is 1. The smallest absolute Gasteiger partial charge is 0.253 e. The van der Waals surface area contributed by atoms with Crippen LogP contribution in [-0.2, 0) is 6.42 Å². The van der Waals surface area contributed by atoms with Gasteiger partial charge in [-0.2, -0.15) is 0 Å². The average molecular weight is 530 g/mol. The van der Waals surface area contributed by atoms with Gasteiger partial charge < -0.3 is 20.4 Å². The molecule has 1 saturated heterocycles. The molecule has 30 heavy (non-hydrogen) atoms. The second kappa shape index (κ2) is 14.6. The van der Waals surface area contributed by atoms with Gasteiger partial charge in [-0.1, -0.05) is 19.1 Å². The Morgan fingerprint density at radius 2 is 1.97 bits per heavy atom. The Balaban J connectivity index is 0.00000450. The number of carbonyl (C=O) groups is 1. The number of piperidine rings is 1. The highest BCUT2D eigenvalue weighted by Crippen LogP contribution is 2.15. The second-order valence-corrected chi connectivity index (χ2v) is 8.22. The number of carbonyl (C=O) groups excluding carboxylic acids is 1. The Kier molecular flexibility index (Phi) is 13.0. The maximum atomic E-state index is 12.1. The van der Waals surface area contributed by atoms with Crippen LogP contribution < -0.4 is 10.6 Å². The van der Waals surface area contributed by atoms with E-state index in [1.165, 1.54) is 25.9 Å². The van der Waals surface area contributed by atoms with Crippen LogP contribution in [0.15, 0.2) is 29.3 Å². The second-order valence-electron chi connectivity index (χ2n) is 8.22. The first-order chi connectivity index (χ1) is 14.0. The number of hydrogen-bond acceptors (Lipinski definition) is 3. The van der Waals surface area contributed by atoms with E-state index in [1.54, 1.807) is 19.0 Å². The van der Waals surface area contributed by atoms with E-state index >= 15 is 0 Å². The molecule has 0 spiro atoms. The average Bonchev–Trinajstić information content (AvgIpc) is 2.72. The lowest BCUT2D eigenvalue weighted by Gasteiger charge is -2.29. The lowest BCUT2D eigenvalue weighted by atomic mass is 9.99. The lowest BCUT2D eigenvalue weighted by Crippen LogP contribution is -2.38. The Bertz CT molecular complexity index is 657. The van der Waals surface area contributed by atoms with Gasteiger partial charge in [-0.05, 0) is 75.9 Å². The van der Waals surface area contributed by atoms with E-state index in [1.807, 2.05) is 18.2 Å². The molecule has 0 radical (unpaired) electrons. The summed E-state index contributed by atoms with van der Waals surface area (Å²) in [5.41, 5.74) is 1.89. The first-order valence-corrected chi connectivity index (χ1v) is 11.0. The normalized spacial score (nSPS) is 15.4. The molecule has 170 valence electrons. The topological polar surface area (TPSA) is 60.0 Å². The summed E-state index contributed by atoms with van der Waals surface area (Å²) >= 11 is 0. The van der Waals surface area contributed by atoms with E-state index in [4.69, 9.17) is 4.99 Å². The largest absolute Gasteiger partial charge is 0.357 e. The molecule has 0 atom stereocenters. The Hall–Kier alpha value is -1.35. The van der Waals surface area contributed by atoms with Crippen molar-refractivity contribution in [3.63, 3.8) is 0 Å². The fourth-order valence-corrected chi connectivity index (χ4v) is 3.56. The number of hydrogen-bond donors (Lipinski definition) is 2. The number of halogens is 1. The Morgan fingerprint density at radius 3 is 2.63 bits per heavy atom. The zero-order valence-electron chi connectivity index (χ0n) is 19.1. The van der Waals surface area contributed by atoms with Gasteiger partial charge in [0.25, 0.3) is 5.91 Å². The summed E-state index contributed by atoms with van der Waals surface area (Å²) in [7, 11) is 3.56. The molecule has 1 fully saturated rings. The molecule has 0 aromatic heterocycles. The van der Waals surface area contributed by atoms with Crippen molar-refractivity contribution in [1.29, 1.82) is 0 Å². The molecule has 1 heterocycles. The van der Waals surface area contributed by atoms with E-state index in [9.17, 15) is 4.79 Å². The Labute approximate surface area is 199 Å². The van der Waals surface area contributed by atoms with Crippen LogP contribution in [0.2, 0.25) is 0 Å². The van der Waals surface area contributed by atoms with Gasteiger partial charge in [-0.3, -0.25) is 9.79 Å². The number of nitrogens with zero attached hydrogens (tertiary/aromatic N) is 3. The molecular weight excluding hydrogens is 489 g/mol. The van der Waals surface area contributed by atoms with Crippen molar-refractivity contribution in [2.45, 2.75) is 39.5 Å². The maximum Gasteiger partial charge on any atom is 0.253 e. The molecule has 2 N–H and O–H groups in total. The van der Waals surface area contributed by atoms with E-state index < -0.39 is 0 Å². The van der Waals surface area contributed by atoms with Crippen LogP contribution in [-0.4, -0.2) is 75.0 Å². The minimum atomic E-state index is 0. The van der Waals surface area contributed by atoms with E-state index in [-0.39, 0.29) is 29.9 Å². The predicted molar refractivity (Wildman–Crippen MR) is 137 cm³/mol. The van der Waals surface area contributed by atoms with Crippen molar-refractivity contribution in [3.05, 3.63) is 35.4 Å². The third kappa shape index (κ3) is 9.64. The van der Waals surface area contributed by atoms with Crippen LogP contribution in [0.1, 0.15) is 49.0 Å². The van der Waals surface area contributed by atoms with Crippen LogP contribution in [0.4, 0.5) is 0 Å². The third-order valence-corrected chi connectivity index (χ3v) is 5.41. The molecule has 6 nitrogen and oxygen atoms in total. The number of benzene rings is 1. The number of amides is 1. The highest BCUT2D eigenvalue weighted by molar-refractivity contribution is 14.0. The fourth-order valence-electron chi connectivity index (χ4n) is 3.56. The van der Waals surface area contributed by atoms with Crippen LogP contribution in [0, 0.1) is 5.92 Å². The van der Waals surface area contributed by atoms with Gasteiger partial charge in [-0.15, -0.1) is 24.0 Å². The summed E-state index contributed by atoms with van der Waals surface area (Å²) < 4.78 is 0. The third-order valence-electron chi connectivity index (χ3n) is 5.41. The van der Waals surface area contributed by atoms with Gasteiger partial charge in [0.2, 0.25) is 0 Å². The molecule has 0 aliphatic carbocycles. The van der Waals surface area contributed by atoms with Crippen molar-refractivity contribution in [2.75, 3.05) is 53.4 Å². The number of nitrogens with one attached hydrogen (secondary N) is 2. The van der Waals surface area contributed by atoms with Crippen molar-refractivity contribution >= 4 is 35.8 Å². The van der Waals surface area contributed by atoms with Crippen molar-refractivity contribution in [3.8, 4) is 0 Å². The van der Waals surface area contributed by atoms with Gasteiger partial charge in [-0.25, -0.2) is 0 Å². The minimum absolute atomic E-state index is 0. The molecule has 0 bridgehead atoms. The van der Waals surface area contributed by atoms with Gasteiger partial charge in [0.05, 0.1) is 0 Å². The SMILES string of the molecule is CCNC(=NCCCN1CCC(C)CC1)NCCc1cccc(C(=O)N(C)C)c1.I. The highest BCUT2D eigenvalue weighted by atomic mass is 127. The maximum absolute atomic E-state index is 12.1. The minimum Gasteiger partial charge on any atom is -0.357 e. The molecule has 0 unspecified atom stereocenters. The van der Waals surface area contributed by atoms with E-state index in [2.05, 4.69) is 35.4 Å². The molecule has 1 aliphatic heterocycles. The lowest BCUT2D eigenvalue weighted by molar-refractivity contribution is 0.0827. The van der Waals surface area contributed by atoms with Crippen molar-refractivity contribution in [2.24, 2.45) is 10.9 Å². The van der Waals surface area contributed by atoms with Gasteiger partial charge in [0.15, 0.2) is 5.96 Å². The molecular formula is C23H40IN5O. The first-order valence-electron chi connectivity index (χ1n) is 11.0. The van der Waals surface area contributed by atoms with Crippen LogP contribution >= 0.6 is 24.0 Å². The van der Waals surface area contributed by atoms with Crippen LogP contribution in [0.5, 0.6) is 0 Å². The van der Waals surface area contributed by atoms with Crippen LogP contribution in [0.3, 0.4) is 0 Å². The molecule has 7 heteroatoms. The van der Waals surface area contributed by atoms with Gasteiger partial charge >= 0.3 is 0 Å². The summed E-state index contributed by atoms with van der Waals surface area (Å²) in [6.45, 7) is 10.5. The number of rotatable bonds is 9. The standard InChI is InChI=1S/C23H39N5O.HI/c1-5-24-23(25-13-7-15-28-16-11-19(2)12-17-28)26-14-10-20-8-6-9-21(18-20)22(29)27(3)4;/h6,8-9,18-19H,5,7,10-17H2,1-4H3,(H2,24,25,26);1H. The van der Waals surface area contributed by atoms with E-state index in [0.717, 1.165) is 62.0 Å². The van der Waals surface area contributed by atoms with Crippen LogP contribution in [0.25, 0.3) is 0 Å². The monoisotopic (exact) mass is 529 g/mol. The number of guanidine groups is 1. The zero-order chi connectivity index (χ0) is 21.1. The fraction of sp³-hybridized carbons (Fsp3) is 0.652. The quantitative estimate of drug-likeness (QED) is 0.223. The molecule has 1 aromatic carbocycles.